The third kappa shape index (κ3) is 3.86. The van der Waals surface area contributed by atoms with Crippen LogP contribution in [0.2, 0.25) is 5.02 Å². The van der Waals surface area contributed by atoms with Crippen LogP contribution in [-0.2, 0) is 6.54 Å². The van der Waals surface area contributed by atoms with Gasteiger partial charge in [-0.05, 0) is 39.7 Å². The molecule has 21 heavy (non-hydrogen) atoms. The van der Waals surface area contributed by atoms with Crippen LogP contribution in [0.4, 0.5) is 11.4 Å². The SMILES string of the molecule is COc1ccc(Br)c(NCc2cc([N+](=O)[O-])ccc2Cl)c1. The van der Waals surface area contributed by atoms with E-state index in [2.05, 4.69) is 21.2 Å². The van der Waals surface area contributed by atoms with Crippen LogP contribution < -0.4 is 10.1 Å². The minimum absolute atomic E-state index is 0.0147. The number of nitrogens with one attached hydrogen (secondary N) is 1. The second-order valence-corrected chi connectivity index (χ2v) is 5.49. The first kappa shape index (κ1) is 15.6. The summed E-state index contributed by atoms with van der Waals surface area (Å²) in [5.41, 5.74) is 1.48. The van der Waals surface area contributed by atoms with Crippen molar-refractivity contribution >= 4 is 38.9 Å². The number of benzene rings is 2. The predicted molar refractivity (Wildman–Crippen MR) is 86.1 cm³/mol. The van der Waals surface area contributed by atoms with Crippen LogP contribution in [0.5, 0.6) is 5.75 Å². The Kier molecular flexibility index (Phi) is 5.03. The average Bonchev–Trinajstić information content (AvgIpc) is 2.47. The van der Waals surface area contributed by atoms with E-state index < -0.39 is 4.92 Å². The fourth-order valence-electron chi connectivity index (χ4n) is 1.77. The topological polar surface area (TPSA) is 64.4 Å². The second-order valence-electron chi connectivity index (χ2n) is 4.23. The molecule has 0 fully saturated rings. The number of nitrogens with zero attached hydrogens (tertiary/aromatic N) is 1. The molecule has 0 saturated carbocycles. The Balaban J connectivity index is 2.20. The minimum Gasteiger partial charge on any atom is -0.497 e. The molecule has 0 atom stereocenters. The predicted octanol–water partition coefficient (Wildman–Crippen LogP) is 4.63. The summed E-state index contributed by atoms with van der Waals surface area (Å²) in [7, 11) is 1.59. The number of nitro benzene ring substituents is 1. The Morgan fingerprint density at radius 3 is 2.76 bits per heavy atom. The van der Waals surface area contributed by atoms with Crippen molar-refractivity contribution in [2.24, 2.45) is 0 Å². The molecule has 0 unspecified atom stereocenters. The molecule has 5 nitrogen and oxygen atoms in total. The molecule has 7 heteroatoms. The van der Waals surface area contributed by atoms with E-state index in [9.17, 15) is 10.1 Å². The van der Waals surface area contributed by atoms with Gasteiger partial charge in [0.25, 0.3) is 5.69 Å². The van der Waals surface area contributed by atoms with Gasteiger partial charge in [0.05, 0.1) is 17.7 Å². The highest BCUT2D eigenvalue weighted by molar-refractivity contribution is 9.10. The number of non-ortho nitro benzene ring substituents is 1. The third-order valence-electron chi connectivity index (χ3n) is 2.88. The molecule has 0 bridgehead atoms. The van der Waals surface area contributed by atoms with Gasteiger partial charge < -0.3 is 10.1 Å². The molecule has 0 aliphatic rings. The molecule has 0 aliphatic carbocycles. The molecule has 0 amide bonds. The van der Waals surface area contributed by atoms with Gasteiger partial charge >= 0.3 is 0 Å². The van der Waals surface area contributed by atoms with Crippen molar-refractivity contribution < 1.29 is 9.66 Å². The van der Waals surface area contributed by atoms with Crippen LogP contribution >= 0.6 is 27.5 Å². The number of halogens is 2. The highest BCUT2D eigenvalue weighted by Gasteiger charge is 2.10. The summed E-state index contributed by atoms with van der Waals surface area (Å²) in [5.74, 6) is 0.714. The van der Waals surface area contributed by atoms with E-state index in [0.29, 0.717) is 22.9 Å². The number of anilines is 1. The Morgan fingerprint density at radius 1 is 1.33 bits per heavy atom. The zero-order chi connectivity index (χ0) is 15.4. The molecular weight excluding hydrogens is 360 g/mol. The largest absolute Gasteiger partial charge is 0.497 e. The van der Waals surface area contributed by atoms with Crippen LogP contribution in [0, 0.1) is 10.1 Å². The van der Waals surface area contributed by atoms with E-state index in [4.69, 9.17) is 16.3 Å². The van der Waals surface area contributed by atoms with Crippen LogP contribution in [-0.4, -0.2) is 12.0 Å². The first-order valence-corrected chi connectivity index (χ1v) is 7.18. The Bertz CT molecular complexity index is 679. The van der Waals surface area contributed by atoms with Crippen molar-refractivity contribution in [2.75, 3.05) is 12.4 Å². The lowest BCUT2D eigenvalue weighted by Gasteiger charge is -2.11. The molecule has 2 aromatic carbocycles. The van der Waals surface area contributed by atoms with Gasteiger partial charge in [-0.15, -0.1) is 0 Å². The first-order chi connectivity index (χ1) is 10.0. The summed E-state index contributed by atoms with van der Waals surface area (Å²) in [6.45, 7) is 0.367. The van der Waals surface area contributed by atoms with E-state index >= 15 is 0 Å². The van der Waals surface area contributed by atoms with Crippen molar-refractivity contribution in [3.63, 3.8) is 0 Å². The van der Waals surface area contributed by atoms with E-state index in [-0.39, 0.29) is 5.69 Å². The smallest absolute Gasteiger partial charge is 0.269 e. The molecule has 2 rings (SSSR count). The third-order valence-corrected chi connectivity index (χ3v) is 3.94. The van der Waals surface area contributed by atoms with Crippen molar-refractivity contribution in [3.8, 4) is 5.75 Å². The molecule has 2 aromatic rings. The Hall–Kier alpha value is -1.79. The number of methoxy groups -OCH3 is 1. The normalized spacial score (nSPS) is 10.2. The van der Waals surface area contributed by atoms with Crippen molar-refractivity contribution in [1.82, 2.24) is 0 Å². The highest BCUT2D eigenvalue weighted by Crippen LogP contribution is 2.29. The molecular formula is C14H12BrClN2O3. The Labute approximate surface area is 135 Å². The molecule has 0 aliphatic heterocycles. The fourth-order valence-corrected chi connectivity index (χ4v) is 2.34. The van der Waals surface area contributed by atoms with E-state index in [1.54, 1.807) is 7.11 Å². The summed E-state index contributed by atoms with van der Waals surface area (Å²) in [6.07, 6.45) is 0. The lowest BCUT2D eigenvalue weighted by molar-refractivity contribution is -0.384. The first-order valence-electron chi connectivity index (χ1n) is 6.01. The molecule has 0 spiro atoms. The van der Waals surface area contributed by atoms with E-state index in [0.717, 1.165) is 10.2 Å². The lowest BCUT2D eigenvalue weighted by atomic mass is 10.2. The van der Waals surface area contributed by atoms with Crippen molar-refractivity contribution in [3.05, 3.63) is 61.6 Å². The van der Waals surface area contributed by atoms with Gasteiger partial charge in [0.15, 0.2) is 0 Å². The number of rotatable bonds is 5. The van der Waals surface area contributed by atoms with Crippen LogP contribution in [0.1, 0.15) is 5.56 Å². The van der Waals surface area contributed by atoms with Gasteiger partial charge in [-0.3, -0.25) is 10.1 Å². The number of nitro groups is 1. The van der Waals surface area contributed by atoms with Crippen LogP contribution in [0.15, 0.2) is 40.9 Å². The fraction of sp³-hybridized carbons (Fsp3) is 0.143. The van der Waals surface area contributed by atoms with Gasteiger partial charge in [0.1, 0.15) is 5.75 Å². The van der Waals surface area contributed by atoms with Gasteiger partial charge in [0.2, 0.25) is 0 Å². The second kappa shape index (κ2) is 6.78. The molecule has 0 radical (unpaired) electrons. The van der Waals surface area contributed by atoms with Gasteiger partial charge in [-0.25, -0.2) is 0 Å². The van der Waals surface area contributed by atoms with Gasteiger partial charge in [-0.1, -0.05) is 11.6 Å². The quantitative estimate of drug-likeness (QED) is 0.614. The summed E-state index contributed by atoms with van der Waals surface area (Å²) in [5, 5.41) is 14.5. The van der Waals surface area contributed by atoms with Gasteiger partial charge in [0, 0.05) is 34.2 Å². The molecule has 0 saturated heterocycles. The Morgan fingerprint density at radius 2 is 2.10 bits per heavy atom. The summed E-state index contributed by atoms with van der Waals surface area (Å²) in [4.78, 5) is 10.4. The number of hydrogen-bond donors (Lipinski definition) is 1. The zero-order valence-electron chi connectivity index (χ0n) is 11.1. The van der Waals surface area contributed by atoms with Crippen LogP contribution in [0.3, 0.4) is 0 Å². The number of ether oxygens (including phenoxy) is 1. The van der Waals surface area contributed by atoms with E-state index in [1.807, 2.05) is 18.2 Å². The molecule has 0 aromatic heterocycles. The maximum atomic E-state index is 10.8. The highest BCUT2D eigenvalue weighted by atomic mass is 79.9. The zero-order valence-corrected chi connectivity index (χ0v) is 13.4. The standard InChI is InChI=1S/C14H12BrClN2O3/c1-21-11-3-4-12(15)14(7-11)17-8-9-6-10(18(19)20)2-5-13(9)16/h2-7,17H,8H2,1H3. The number of hydrogen-bond acceptors (Lipinski definition) is 4. The molecule has 1 N–H and O–H groups in total. The maximum Gasteiger partial charge on any atom is 0.269 e. The maximum absolute atomic E-state index is 10.8. The average molecular weight is 372 g/mol. The summed E-state index contributed by atoms with van der Waals surface area (Å²) >= 11 is 9.50. The van der Waals surface area contributed by atoms with Crippen molar-refractivity contribution in [2.45, 2.75) is 6.54 Å². The minimum atomic E-state index is -0.443. The molecule has 110 valence electrons. The van der Waals surface area contributed by atoms with Gasteiger partial charge in [-0.2, -0.15) is 0 Å². The summed E-state index contributed by atoms with van der Waals surface area (Å²) in [6, 6.07) is 9.88. The van der Waals surface area contributed by atoms with Crippen molar-refractivity contribution in [1.29, 1.82) is 0 Å². The van der Waals surface area contributed by atoms with Crippen LogP contribution in [0.25, 0.3) is 0 Å². The monoisotopic (exact) mass is 370 g/mol. The lowest BCUT2D eigenvalue weighted by Crippen LogP contribution is -2.02. The van der Waals surface area contributed by atoms with E-state index in [1.165, 1.54) is 18.2 Å². The molecule has 0 heterocycles. The summed E-state index contributed by atoms with van der Waals surface area (Å²) < 4.78 is 6.03.